The summed E-state index contributed by atoms with van der Waals surface area (Å²) in [7, 11) is 0. The van der Waals surface area contributed by atoms with Gasteiger partial charge in [0.05, 0.1) is 17.2 Å². The monoisotopic (exact) mass is 280 g/mol. The Kier molecular flexibility index (Phi) is 2.52. The topological polar surface area (TPSA) is 56.7 Å². The molecule has 1 aromatic carbocycles. The number of hydrogen-bond acceptors (Lipinski definition) is 3. The number of para-hydroxylation sites is 1. The van der Waals surface area contributed by atoms with E-state index in [1.165, 1.54) is 12.8 Å². The van der Waals surface area contributed by atoms with Gasteiger partial charge in [-0.1, -0.05) is 32.0 Å². The molecule has 0 spiro atoms. The molecule has 0 aliphatic heterocycles. The van der Waals surface area contributed by atoms with Gasteiger partial charge in [-0.15, -0.1) is 0 Å². The number of hydrogen-bond donors (Lipinski definition) is 1. The molecule has 0 radical (unpaired) electrons. The minimum atomic E-state index is 0.385. The minimum absolute atomic E-state index is 0.385. The fourth-order valence-corrected chi connectivity index (χ4v) is 3.73. The zero-order valence-electron chi connectivity index (χ0n) is 12.5. The van der Waals surface area contributed by atoms with Crippen molar-refractivity contribution in [3.63, 3.8) is 0 Å². The molecule has 0 amide bonds. The van der Waals surface area contributed by atoms with Gasteiger partial charge < -0.3 is 10.3 Å². The molecular weight excluding hydrogens is 260 g/mol. The van der Waals surface area contributed by atoms with Crippen molar-refractivity contribution < 1.29 is 0 Å². The lowest BCUT2D eigenvalue weighted by Gasteiger charge is -2.19. The van der Waals surface area contributed by atoms with Crippen LogP contribution >= 0.6 is 0 Å². The zero-order valence-corrected chi connectivity index (χ0v) is 12.5. The highest BCUT2D eigenvalue weighted by Crippen LogP contribution is 2.45. The molecule has 1 unspecified atom stereocenters. The van der Waals surface area contributed by atoms with Crippen LogP contribution in [0.4, 0.5) is 5.95 Å². The van der Waals surface area contributed by atoms with E-state index in [0.717, 1.165) is 28.4 Å². The first-order valence-electron chi connectivity index (χ1n) is 7.56. The van der Waals surface area contributed by atoms with Crippen LogP contribution in [0.15, 0.2) is 30.5 Å². The zero-order chi connectivity index (χ0) is 14.6. The number of rotatable bonds is 1. The van der Waals surface area contributed by atoms with E-state index in [9.17, 15) is 0 Å². The Morgan fingerprint density at radius 2 is 2.05 bits per heavy atom. The molecular formula is C17H20N4. The molecule has 108 valence electrons. The van der Waals surface area contributed by atoms with Gasteiger partial charge in [0.1, 0.15) is 5.52 Å². The molecule has 1 saturated carbocycles. The summed E-state index contributed by atoms with van der Waals surface area (Å²) in [6.45, 7) is 4.67. The van der Waals surface area contributed by atoms with Gasteiger partial charge in [0.2, 0.25) is 5.95 Å². The average Bonchev–Trinajstić information content (AvgIpc) is 2.97. The second-order valence-corrected chi connectivity index (χ2v) is 6.91. The Morgan fingerprint density at radius 3 is 2.81 bits per heavy atom. The predicted octanol–water partition coefficient (Wildman–Crippen LogP) is 3.92. The van der Waals surface area contributed by atoms with Crippen LogP contribution in [0.2, 0.25) is 0 Å². The maximum atomic E-state index is 6.24. The van der Waals surface area contributed by atoms with E-state index < -0.39 is 0 Å². The van der Waals surface area contributed by atoms with Crippen molar-refractivity contribution >= 4 is 27.9 Å². The van der Waals surface area contributed by atoms with Crippen molar-refractivity contribution in [2.75, 3.05) is 5.73 Å². The number of benzene rings is 1. The van der Waals surface area contributed by atoms with Crippen molar-refractivity contribution in [2.45, 2.75) is 39.2 Å². The van der Waals surface area contributed by atoms with Gasteiger partial charge in [-0.05, 0) is 30.7 Å². The largest absolute Gasteiger partial charge is 0.369 e. The first-order valence-corrected chi connectivity index (χ1v) is 7.56. The van der Waals surface area contributed by atoms with Crippen molar-refractivity contribution in [1.82, 2.24) is 14.5 Å². The van der Waals surface area contributed by atoms with Crippen molar-refractivity contribution in [3.8, 4) is 0 Å². The number of nitrogens with two attached hydrogens (primary N) is 1. The molecule has 1 aliphatic rings. The average molecular weight is 280 g/mol. The Hall–Kier alpha value is -2.10. The molecule has 1 atom stereocenters. The molecule has 0 saturated heterocycles. The fourth-order valence-electron chi connectivity index (χ4n) is 3.73. The first kappa shape index (κ1) is 12.6. The fraction of sp³-hybridized carbons (Fsp3) is 0.412. The molecule has 4 nitrogen and oxygen atoms in total. The summed E-state index contributed by atoms with van der Waals surface area (Å²) in [5.74, 6) is 0.617. The van der Waals surface area contributed by atoms with E-state index in [1.807, 2.05) is 18.3 Å². The van der Waals surface area contributed by atoms with Gasteiger partial charge >= 0.3 is 0 Å². The standard InChI is InChI=1S/C17H20N4/c1-17(2)8-7-11(9-17)21-15-12-5-3-4-6-13(12)19-10-14(15)20-16(21)18/h3-6,10-11H,7-9H2,1-2H3,(H2,18,20). The highest BCUT2D eigenvalue weighted by Gasteiger charge is 2.33. The van der Waals surface area contributed by atoms with E-state index >= 15 is 0 Å². The molecule has 4 rings (SSSR count). The molecule has 2 aromatic heterocycles. The molecule has 2 N–H and O–H groups in total. The smallest absolute Gasteiger partial charge is 0.201 e. The van der Waals surface area contributed by atoms with Crippen molar-refractivity contribution in [3.05, 3.63) is 30.5 Å². The Labute approximate surface area is 124 Å². The summed E-state index contributed by atoms with van der Waals surface area (Å²) < 4.78 is 2.24. The number of nitrogen functional groups attached to an aromatic ring is 1. The molecule has 0 bridgehead atoms. The Morgan fingerprint density at radius 1 is 1.24 bits per heavy atom. The molecule has 1 aliphatic carbocycles. The first-order chi connectivity index (χ1) is 10.1. The van der Waals surface area contributed by atoms with Crippen LogP contribution in [0.25, 0.3) is 21.9 Å². The number of pyridine rings is 1. The third kappa shape index (κ3) is 1.89. The van der Waals surface area contributed by atoms with E-state index in [-0.39, 0.29) is 0 Å². The number of imidazole rings is 1. The van der Waals surface area contributed by atoms with Crippen LogP contribution in [0, 0.1) is 5.41 Å². The Balaban J connectivity index is 2.00. The number of nitrogens with zero attached hydrogens (tertiary/aromatic N) is 3. The lowest BCUT2D eigenvalue weighted by atomic mass is 9.92. The van der Waals surface area contributed by atoms with Crippen LogP contribution in [-0.2, 0) is 0 Å². The summed E-state index contributed by atoms with van der Waals surface area (Å²) in [4.78, 5) is 9.02. The van der Waals surface area contributed by atoms with Gasteiger partial charge in [-0.2, -0.15) is 0 Å². The molecule has 4 heteroatoms. The highest BCUT2D eigenvalue weighted by molar-refractivity contribution is 6.03. The summed E-state index contributed by atoms with van der Waals surface area (Å²) >= 11 is 0. The maximum Gasteiger partial charge on any atom is 0.201 e. The Bertz CT molecular complexity index is 831. The van der Waals surface area contributed by atoms with Gasteiger partial charge in [0.25, 0.3) is 0 Å². The number of aromatic nitrogens is 3. The highest BCUT2D eigenvalue weighted by atomic mass is 15.2. The normalized spacial score (nSPS) is 21.3. The molecule has 2 heterocycles. The maximum absolute atomic E-state index is 6.24. The molecule has 1 fully saturated rings. The second-order valence-electron chi connectivity index (χ2n) is 6.91. The van der Waals surface area contributed by atoms with E-state index in [4.69, 9.17) is 5.73 Å². The second kappa shape index (κ2) is 4.20. The van der Waals surface area contributed by atoms with Gasteiger partial charge in [0, 0.05) is 11.4 Å². The summed E-state index contributed by atoms with van der Waals surface area (Å²) in [5.41, 5.74) is 9.66. The quantitative estimate of drug-likeness (QED) is 0.735. The predicted molar refractivity (Wildman–Crippen MR) is 86.1 cm³/mol. The van der Waals surface area contributed by atoms with Crippen LogP contribution in [-0.4, -0.2) is 14.5 Å². The lowest BCUT2D eigenvalue weighted by Crippen LogP contribution is -2.11. The van der Waals surface area contributed by atoms with Gasteiger partial charge in [0.15, 0.2) is 0 Å². The van der Waals surface area contributed by atoms with Crippen molar-refractivity contribution in [2.24, 2.45) is 5.41 Å². The minimum Gasteiger partial charge on any atom is -0.369 e. The summed E-state index contributed by atoms with van der Waals surface area (Å²) in [6, 6.07) is 8.67. The lowest BCUT2D eigenvalue weighted by molar-refractivity contribution is 0.361. The van der Waals surface area contributed by atoms with Gasteiger partial charge in [-0.25, -0.2) is 4.98 Å². The summed E-state index contributed by atoms with van der Waals surface area (Å²) in [6.07, 6.45) is 5.39. The van der Waals surface area contributed by atoms with Crippen LogP contribution in [0.3, 0.4) is 0 Å². The van der Waals surface area contributed by atoms with Crippen LogP contribution in [0.5, 0.6) is 0 Å². The SMILES string of the molecule is CC1(C)CCC(n2c(N)nc3cnc4ccccc4c32)C1. The van der Waals surface area contributed by atoms with E-state index in [0.29, 0.717) is 17.4 Å². The van der Waals surface area contributed by atoms with E-state index in [1.54, 1.807) is 0 Å². The summed E-state index contributed by atoms with van der Waals surface area (Å²) in [5, 5.41) is 1.14. The molecule has 3 aromatic rings. The van der Waals surface area contributed by atoms with Crippen molar-refractivity contribution in [1.29, 1.82) is 0 Å². The number of fused-ring (bicyclic) bond motifs is 3. The number of anilines is 1. The van der Waals surface area contributed by atoms with Crippen LogP contribution in [0.1, 0.15) is 39.2 Å². The third-order valence-electron chi connectivity index (χ3n) is 4.76. The third-order valence-corrected chi connectivity index (χ3v) is 4.76. The van der Waals surface area contributed by atoms with E-state index in [2.05, 4.69) is 40.5 Å². The van der Waals surface area contributed by atoms with Crippen LogP contribution < -0.4 is 5.73 Å². The molecule has 21 heavy (non-hydrogen) atoms. The van der Waals surface area contributed by atoms with Gasteiger partial charge in [-0.3, -0.25) is 4.98 Å².